The van der Waals surface area contributed by atoms with Crippen molar-refractivity contribution < 1.29 is 9.84 Å². The molecule has 1 saturated heterocycles. The highest BCUT2D eigenvalue weighted by atomic mass is 16.5. The third-order valence-corrected chi connectivity index (χ3v) is 4.53. The van der Waals surface area contributed by atoms with Crippen LogP contribution in [-0.2, 0) is 0 Å². The highest BCUT2D eigenvalue weighted by Crippen LogP contribution is 2.39. The molecule has 20 heavy (non-hydrogen) atoms. The highest BCUT2D eigenvalue weighted by Gasteiger charge is 2.32. The first-order valence-electron chi connectivity index (χ1n) is 7.68. The van der Waals surface area contributed by atoms with E-state index in [1.165, 1.54) is 18.4 Å². The van der Waals surface area contributed by atoms with Crippen LogP contribution in [0.5, 0.6) is 11.5 Å². The predicted molar refractivity (Wildman–Crippen MR) is 79.2 cm³/mol. The number of benzene rings is 1. The quantitative estimate of drug-likeness (QED) is 0.884. The third-order valence-electron chi connectivity index (χ3n) is 4.53. The first-order valence-corrected chi connectivity index (χ1v) is 7.68. The molecule has 110 valence electrons. The summed E-state index contributed by atoms with van der Waals surface area (Å²) in [7, 11) is 0. The van der Waals surface area contributed by atoms with Crippen LogP contribution in [-0.4, -0.2) is 42.8 Å². The molecule has 0 radical (unpaired) electrons. The number of fused-ring (bicyclic) bond motifs is 1. The second kappa shape index (κ2) is 6.02. The monoisotopic (exact) mass is 276 g/mol. The number of hydrogen-bond acceptors (Lipinski definition) is 4. The van der Waals surface area contributed by atoms with Crippen LogP contribution in [0, 0.1) is 5.92 Å². The molecule has 2 N–H and O–H groups in total. The summed E-state index contributed by atoms with van der Waals surface area (Å²) in [4.78, 5) is 2.53. The molecule has 0 aromatic heterocycles. The van der Waals surface area contributed by atoms with Crippen LogP contribution in [0.1, 0.15) is 31.4 Å². The number of ether oxygens (including phenoxy) is 1. The maximum absolute atomic E-state index is 9.51. The fourth-order valence-corrected chi connectivity index (χ4v) is 3.30. The van der Waals surface area contributed by atoms with Gasteiger partial charge < -0.3 is 15.2 Å². The summed E-state index contributed by atoms with van der Waals surface area (Å²) >= 11 is 0. The third kappa shape index (κ3) is 2.76. The summed E-state index contributed by atoms with van der Waals surface area (Å²) in [5.74, 6) is 1.95. The Morgan fingerprint density at radius 2 is 2.15 bits per heavy atom. The highest BCUT2D eigenvalue weighted by molar-refractivity contribution is 5.44. The molecule has 1 atom stereocenters. The van der Waals surface area contributed by atoms with E-state index in [0.29, 0.717) is 6.04 Å². The number of nitrogens with one attached hydrogen (secondary N) is 1. The summed E-state index contributed by atoms with van der Waals surface area (Å²) in [6.07, 6.45) is 2.52. The maximum Gasteiger partial charge on any atom is 0.127 e. The van der Waals surface area contributed by atoms with Gasteiger partial charge in [-0.3, -0.25) is 4.90 Å². The van der Waals surface area contributed by atoms with Gasteiger partial charge in [-0.25, -0.2) is 0 Å². The molecular formula is C16H24N2O2. The molecule has 1 aromatic carbocycles. The Kier molecular flexibility index (Phi) is 4.13. The zero-order chi connectivity index (χ0) is 13.9. The summed E-state index contributed by atoms with van der Waals surface area (Å²) < 4.78 is 5.72. The predicted octanol–water partition coefficient (Wildman–Crippen LogP) is 2.15. The van der Waals surface area contributed by atoms with Crippen molar-refractivity contribution in [3.63, 3.8) is 0 Å². The molecule has 1 aromatic rings. The van der Waals surface area contributed by atoms with Crippen LogP contribution in [0.15, 0.2) is 18.2 Å². The van der Waals surface area contributed by atoms with Gasteiger partial charge in [0.15, 0.2) is 0 Å². The number of phenolic OH excluding ortho intramolecular Hbond substituents is 1. The summed E-state index contributed by atoms with van der Waals surface area (Å²) in [5.41, 5.74) is 1.23. The van der Waals surface area contributed by atoms with E-state index in [1.54, 1.807) is 12.1 Å². The van der Waals surface area contributed by atoms with Crippen molar-refractivity contribution in [2.24, 2.45) is 5.92 Å². The Labute approximate surface area is 120 Å². The molecule has 4 nitrogen and oxygen atoms in total. The molecule has 0 spiro atoms. The molecule has 0 amide bonds. The standard InChI is InChI=1S/C16H24N2O2/c1-2-17-10-12-5-7-18(8-6-12)15-11-20-16-9-13(19)3-4-14(15)16/h3-4,9,12,15,17,19H,2,5-8,10-11H2,1H3. The average Bonchev–Trinajstić information content (AvgIpc) is 2.88. The van der Waals surface area contributed by atoms with E-state index in [9.17, 15) is 5.11 Å². The second-order valence-corrected chi connectivity index (χ2v) is 5.84. The molecular weight excluding hydrogens is 252 g/mol. The Balaban J connectivity index is 1.60. The summed E-state index contributed by atoms with van der Waals surface area (Å²) in [5, 5.41) is 13.0. The number of likely N-dealkylation sites (tertiary alicyclic amines) is 1. The maximum atomic E-state index is 9.51. The van der Waals surface area contributed by atoms with Crippen molar-refractivity contribution in [3.8, 4) is 11.5 Å². The molecule has 3 rings (SSSR count). The van der Waals surface area contributed by atoms with E-state index in [4.69, 9.17) is 4.74 Å². The lowest BCUT2D eigenvalue weighted by Crippen LogP contribution is -2.39. The van der Waals surface area contributed by atoms with Crippen molar-refractivity contribution >= 4 is 0 Å². The Hall–Kier alpha value is -1.26. The molecule has 1 unspecified atom stereocenters. The van der Waals surface area contributed by atoms with E-state index >= 15 is 0 Å². The lowest BCUT2D eigenvalue weighted by Gasteiger charge is -2.35. The topological polar surface area (TPSA) is 44.7 Å². The fourth-order valence-electron chi connectivity index (χ4n) is 3.30. The number of aromatic hydroxyl groups is 1. The van der Waals surface area contributed by atoms with E-state index in [-0.39, 0.29) is 5.75 Å². The van der Waals surface area contributed by atoms with Gasteiger partial charge in [-0.1, -0.05) is 6.92 Å². The van der Waals surface area contributed by atoms with Crippen molar-refractivity contribution in [3.05, 3.63) is 23.8 Å². The van der Waals surface area contributed by atoms with Crippen molar-refractivity contribution in [2.45, 2.75) is 25.8 Å². The molecule has 4 heteroatoms. The first-order chi connectivity index (χ1) is 9.78. The van der Waals surface area contributed by atoms with Gasteiger partial charge >= 0.3 is 0 Å². The number of rotatable bonds is 4. The van der Waals surface area contributed by atoms with Gasteiger partial charge in [0, 0.05) is 11.6 Å². The lowest BCUT2D eigenvalue weighted by molar-refractivity contribution is 0.113. The number of piperidine rings is 1. The normalized spacial score (nSPS) is 23.6. The van der Waals surface area contributed by atoms with E-state index in [2.05, 4.69) is 17.1 Å². The van der Waals surface area contributed by atoms with E-state index in [1.807, 2.05) is 6.07 Å². The van der Waals surface area contributed by atoms with Gasteiger partial charge in [-0.05, 0) is 57.1 Å². The second-order valence-electron chi connectivity index (χ2n) is 5.84. The molecule has 0 bridgehead atoms. The van der Waals surface area contributed by atoms with Crippen LogP contribution in [0.25, 0.3) is 0 Å². The lowest BCUT2D eigenvalue weighted by atomic mass is 9.94. The largest absolute Gasteiger partial charge is 0.508 e. The van der Waals surface area contributed by atoms with Gasteiger partial charge in [0.25, 0.3) is 0 Å². The van der Waals surface area contributed by atoms with Crippen molar-refractivity contribution in [1.82, 2.24) is 10.2 Å². The smallest absolute Gasteiger partial charge is 0.127 e. The number of phenols is 1. The SMILES string of the molecule is CCNCC1CCN(C2COc3cc(O)ccc32)CC1. The van der Waals surface area contributed by atoms with Gasteiger partial charge in [0.2, 0.25) is 0 Å². The van der Waals surface area contributed by atoms with E-state index in [0.717, 1.165) is 44.5 Å². The van der Waals surface area contributed by atoms with Crippen LogP contribution < -0.4 is 10.1 Å². The average molecular weight is 276 g/mol. The molecule has 0 saturated carbocycles. The Morgan fingerprint density at radius 1 is 1.35 bits per heavy atom. The van der Waals surface area contributed by atoms with Crippen LogP contribution in [0.4, 0.5) is 0 Å². The summed E-state index contributed by atoms with van der Waals surface area (Å²) in [6, 6.07) is 5.87. The minimum atomic E-state index is 0.286. The fraction of sp³-hybridized carbons (Fsp3) is 0.625. The van der Waals surface area contributed by atoms with E-state index < -0.39 is 0 Å². The zero-order valence-corrected chi connectivity index (χ0v) is 12.1. The molecule has 0 aliphatic carbocycles. The zero-order valence-electron chi connectivity index (χ0n) is 12.1. The van der Waals surface area contributed by atoms with Gasteiger partial charge in [0.1, 0.15) is 18.1 Å². The number of hydrogen-bond donors (Lipinski definition) is 2. The van der Waals surface area contributed by atoms with Gasteiger partial charge in [-0.2, -0.15) is 0 Å². The first kappa shape index (κ1) is 13.7. The minimum absolute atomic E-state index is 0.286. The van der Waals surface area contributed by atoms with Gasteiger partial charge in [0.05, 0.1) is 6.04 Å². The number of nitrogens with zero attached hydrogens (tertiary/aromatic N) is 1. The van der Waals surface area contributed by atoms with Crippen LogP contribution in [0.2, 0.25) is 0 Å². The van der Waals surface area contributed by atoms with Crippen LogP contribution in [0.3, 0.4) is 0 Å². The molecule has 1 fully saturated rings. The minimum Gasteiger partial charge on any atom is -0.508 e. The Morgan fingerprint density at radius 3 is 2.90 bits per heavy atom. The Bertz CT molecular complexity index is 456. The molecule has 2 aliphatic rings. The van der Waals surface area contributed by atoms with Crippen LogP contribution >= 0.6 is 0 Å². The molecule has 2 heterocycles. The van der Waals surface area contributed by atoms with Gasteiger partial charge in [-0.15, -0.1) is 0 Å². The molecule has 2 aliphatic heterocycles. The summed E-state index contributed by atoms with van der Waals surface area (Å²) in [6.45, 7) is 7.38. The van der Waals surface area contributed by atoms with Crippen molar-refractivity contribution in [1.29, 1.82) is 0 Å². The van der Waals surface area contributed by atoms with Crippen molar-refractivity contribution in [2.75, 3.05) is 32.8 Å².